The highest BCUT2D eigenvalue weighted by molar-refractivity contribution is 9.10. The van der Waals surface area contributed by atoms with Gasteiger partial charge in [0.2, 0.25) is 0 Å². The molecule has 98 valence electrons. The van der Waals surface area contributed by atoms with Gasteiger partial charge < -0.3 is 10.4 Å². The lowest BCUT2D eigenvalue weighted by atomic mass is 10.1. The maximum Gasteiger partial charge on any atom is 0.337 e. The maximum atomic E-state index is 13.1. The van der Waals surface area contributed by atoms with Crippen LogP contribution in [0, 0.1) is 5.82 Å². The Morgan fingerprint density at radius 1 is 1.32 bits per heavy atom. The van der Waals surface area contributed by atoms with Crippen LogP contribution in [0.15, 0.2) is 34.1 Å². The number of nitrogens with one attached hydrogen (secondary N) is 1. The second-order valence-electron chi connectivity index (χ2n) is 3.55. The van der Waals surface area contributed by atoms with E-state index >= 15 is 0 Å². The third-order valence-corrected chi connectivity index (χ3v) is 4.12. The molecule has 2 aromatic rings. The fraction of sp³-hybridized carbons (Fsp3) is 0. The first-order valence-electron chi connectivity index (χ1n) is 5.06. The predicted octanol–water partition coefficient (Wildman–Crippen LogP) is 3.60. The van der Waals surface area contributed by atoms with Crippen LogP contribution in [0.3, 0.4) is 0 Å². The molecule has 1 heterocycles. The van der Waals surface area contributed by atoms with Crippen molar-refractivity contribution < 1.29 is 19.1 Å². The SMILES string of the molecule is O=C(O)c1ccc(F)cc1NC(=O)c1sccc1Br. The molecule has 1 aromatic carbocycles. The van der Waals surface area contributed by atoms with Crippen molar-refractivity contribution in [2.45, 2.75) is 0 Å². The van der Waals surface area contributed by atoms with Gasteiger partial charge in [0, 0.05) is 4.47 Å². The van der Waals surface area contributed by atoms with E-state index in [2.05, 4.69) is 21.2 Å². The van der Waals surface area contributed by atoms with Gasteiger partial charge in [0.05, 0.1) is 11.3 Å². The molecule has 1 amide bonds. The van der Waals surface area contributed by atoms with Gasteiger partial charge in [-0.3, -0.25) is 4.79 Å². The lowest BCUT2D eigenvalue weighted by Gasteiger charge is -2.08. The van der Waals surface area contributed by atoms with E-state index in [-0.39, 0.29) is 11.3 Å². The zero-order valence-corrected chi connectivity index (χ0v) is 11.7. The summed E-state index contributed by atoms with van der Waals surface area (Å²) < 4.78 is 13.7. The number of carbonyl (C=O) groups excluding carboxylic acids is 1. The molecule has 0 unspecified atom stereocenters. The Morgan fingerprint density at radius 2 is 2.05 bits per heavy atom. The van der Waals surface area contributed by atoms with Gasteiger partial charge in [-0.2, -0.15) is 0 Å². The van der Waals surface area contributed by atoms with E-state index in [1.165, 1.54) is 11.3 Å². The molecule has 2 N–H and O–H groups in total. The molecule has 1 aromatic heterocycles. The molecule has 0 bridgehead atoms. The second-order valence-corrected chi connectivity index (χ2v) is 5.32. The summed E-state index contributed by atoms with van der Waals surface area (Å²) in [6.45, 7) is 0. The van der Waals surface area contributed by atoms with Gasteiger partial charge >= 0.3 is 5.97 Å². The first kappa shape index (κ1) is 13.7. The Balaban J connectivity index is 2.33. The summed E-state index contributed by atoms with van der Waals surface area (Å²) in [4.78, 5) is 23.3. The van der Waals surface area contributed by atoms with Crippen molar-refractivity contribution in [2.24, 2.45) is 0 Å². The van der Waals surface area contributed by atoms with Crippen LogP contribution in [-0.4, -0.2) is 17.0 Å². The van der Waals surface area contributed by atoms with Crippen LogP contribution in [0.4, 0.5) is 10.1 Å². The van der Waals surface area contributed by atoms with Gasteiger partial charge in [-0.25, -0.2) is 9.18 Å². The first-order valence-corrected chi connectivity index (χ1v) is 6.73. The molecule has 0 atom stereocenters. The lowest BCUT2D eigenvalue weighted by Crippen LogP contribution is -2.14. The standard InChI is InChI=1S/C12H7BrFNO3S/c13-8-3-4-19-10(8)11(16)15-9-5-6(14)1-2-7(9)12(17)18/h1-5H,(H,15,16)(H,17,18). The summed E-state index contributed by atoms with van der Waals surface area (Å²) in [5, 5.41) is 13.1. The van der Waals surface area contributed by atoms with E-state index in [1.807, 2.05) is 0 Å². The van der Waals surface area contributed by atoms with Crippen molar-refractivity contribution in [1.82, 2.24) is 0 Å². The number of halogens is 2. The third-order valence-electron chi connectivity index (χ3n) is 2.28. The number of hydrogen-bond donors (Lipinski definition) is 2. The van der Waals surface area contributed by atoms with Crippen LogP contribution >= 0.6 is 27.3 Å². The van der Waals surface area contributed by atoms with E-state index in [0.717, 1.165) is 18.2 Å². The first-order chi connectivity index (χ1) is 8.99. The fourth-order valence-electron chi connectivity index (χ4n) is 1.44. The molecule has 0 aliphatic carbocycles. The highest BCUT2D eigenvalue weighted by Gasteiger charge is 2.16. The number of aromatic carboxylic acids is 1. The zero-order chi connectivity index (χ0) is 14.0. The number of rotatable bonds is 3. The molecule has 7 heteroatoms. The van der Waals surface area contributed by atoms with E-state index in [4.69, 9.17) is 5.11 Å². The summed E-state index contributed by atoms with van der Waals surface area (Å²) >= 11 is 4.40. The van der Waals surface area contributed by atoms with Gasteiger partial charge in [-0.1, -0.05) is 0 Å². The van der Waals surface area contributed by atoms with Crippen molar-refractivity contribution in [1.29, 1.82) is 0 Å². The fourth-order valence-corrected chi connectivity index (χ4v) is 2.89. The Morgan fingerprint density at radius 3 is 2.63 bits per heavy atom. The summed E-state index contributed by atoms with van der Waals surface area (Å²) in [6, 6.07) is 4.81. The molecule has 4 nitrogen and oxygen atoms in total. The minimum atomic E-state index is -1.24. The molecule has 0 saturated heterocycles. The van der Waals surface area contributed by atoms with Crippen LogP contribution in [-0.2, 0) is 0 Å². The van der Waals surface area contributed by atoms with Gasteiger partial charge in [0.25, 0.3) is 5.91 Å². The van der Waals surface area contributed by atoms with Crippen molar-refractivity contribution in [3.8, 4) is 0 Å². The number of amides is 1. The average Bonchev–Trinajstić information content (AvgIpc) is 2.75. The van der Waals surface area contributed by atoms with E-state index < -0.39 is 17.7 Å². The molecular weight excluding hydrogens is 337 g/mol. The van der Waals surface area contributed by atoms with E-state index in [0.29, 0.717) is 9.35 Å². The highest BCUT2D eigenvalue weighted by Crippen LogP contribution is 2.25. The Bertz CT molecular complexity index is 656. The summed E-state index contributed by atoms with van der Waals surface area (Å²) in [6.07, 6.45) is 0. The number of carbonyl (C=O) groups is 2. The third kappa shape index (κ3) is 2.99. The summed E-state index contributed by atoms with van der Waals surface area (Å²) in [5.74, 6) is -2.35. The molecule has 19 heavy (non-hydrogen) atoms. The van der Waals surface area contributed by atoms with Crippen LogP contribution in [0.2, 0.25) is 0 Å². The van der Waals surface area contributed by atoms with Gasteiger partial charge in [-0.15, -0.1) is 11.3 Å². The highest BCUT2D eigenvalue weighted by atomic mass is 79.9. The van der Waals surface area contributed by atoms with E-state index in [1.54, 1.807) is 11.4 Å². The average molecular weight is 344 g/mol. The van der Waals surface area contributed by atoms with Crippen molar-refractivity contribution in [3.05, 3.63) is 50.4 Å². The van der Waals surface area contributed by atoms with Gasteiger partial charge in [-0.05, 0) is 45.6 Å². The van der Waals surface area contributed by atoms with E-state index in [9.17, 15) is 14.0 Å². The maximum absolute atomic E-state index is 13.1. The molecule has 2 rings (SSSR count). The van der Waals surface area contributed by atoms with Crippen molar-refractivity contribution in [2.75, 3.05) is 5.32 Å². The number of benzene rings is 1. The van der Waals surface area contributed by atoms with Gasteiger partial charge in [0.1, 0.15) is 10.7 Å². The molecule has 0 aliphatic rings. The minimum absolute atomic E-state index is 0.0715. The van der Waals surface area contributed by atoms with Crippen LogP contribution < -0.4 is 5.32 Å². The molecule has 0 radical (unpaired) electrons. The molecule has 0 fully saturated rings. The Labute approximate surface area is 120 Å². The lowest BCUT2D eigenvalue weighted by molar-refractivity contribution is 0.0698. The largest absolute Gasteiger partial charge is 0.478 e. The summed E-state index contributed by atoms with van der Waals surface area (Å²) in [7, 11) is 0. The minimum Gasteiger partial charge on any atom is -0.478 e. The number of carboxylic acids is 1. The van der Waals surface area contributed by atoms with Crippen LogP contribution in [0.5, 0.6) is 0 Å². The van der Waals surface area contributed by atoms with Crippen molar-refractivity contribution in [3.63, 3.8) is 0 Å². The number of thiophene rings is 1. The van der Waals surface area contributed by atoms with Crippen molar-refractivity contribution >= 4 is 44.8 Å². The molecule has 0 spiro atoms. The number of carboxylic acid groups (broad SMARTS) is 1. The summed E-state index contributed by atoms with van der Waals surface area (Å²) in [5.41, 5.74) is -0.236. The zero-order valence-electron chi connectivity index (χ0n) is 9.31. The van der Waals surface area contributed by atoms with Crippen LogP contribution in [0.25, 0.3) is 0 Å². The normalized spacial score (nSPS) is 10.2. The second kappa shape index (κ2) is 5.50. The Hall–Kier alpha value is -1.73. The molecular formula is C12H7BrFNO3S. The van der Waals surface area contributed by atoms with Gasteiger partial charge in [0.15, 0.2) is 0 Å². The quantitative estimate of drug-likeness (QED) is 0.894. The molecule has 0 saturated carbocycles. The predicted molar refractivity (Wildman–Crippen MR) is 73.3 cm³/mol. The monoisotopic (exact) mass is 343 g/mol. The smallest absolute Gasteiger partial charge is 0.337 e. The number of anilines is 1. The number of hydrogen-bond acceptors (Lipinski definition) is 3. The Kier molecular flexibility index (Phi) is 3.96. The van der Waals surface area contributed by atoms with Crippen LogP contribution in [0.1, 0.15) is 20.0 Å². The topological polar surface area (TPSA) is 66.4 Å². The molecule has 0 aliphatic heterocycles.